The van der Waals surface area contributed by atoms with Crippen molar-refractivity contribution < 1.29 is 4.79 Å². The van der Waals surface area contributed by atoms with E-state index in [9.17, 15) is 4.79 Å². The van der Waals surface area contributed by atoms with Gasteiger partial charge in [0.2, 0.25) is 5.91 Å². The van der Waals surface area contributed by atoms with Crippen LogP contribution in [0.15, 0.2) is 18.3 Å². The molecule has 2 rings (SSSR count). The fourth-order valence-electron chi connectivity index (χ4n) is 2.32. The van der Waals surface area contributed by atoms with Crippen LogP contribution in [0, 0.1) is 0 Å². The van der Waals surface area contributed by atoms with Crippen molar-refractivity contribution in [2.24, 2.45) is 0 Å². The summed E-state index contributed by atoms with van der Waals surface area (Å²) in [6.07, 6.45) is 3.99. The zero-order chi connectivity index (χ0) is 13.7. The Bertz CT molecular complexity index is 429. The molecule has 1 unspecified atom stereocenters. The molecule has 0 spiro atoms. The van der Waals surface area contributed by atoms with Crippen molar-refractivity contribution in [3.05, 3.63) is 18.3 Å². The highest BCUT2D eigenvalue weighted by molar-refractivity contribution is 5.84. The molecule has 19 heavy (non-hydrogen) atoms. The number of rotatable bonds is 5. The molecule has 1 aromatic rings. The Morgan fingerprint density at radius 1 is 1.47 bits per heavy atom. The molecular weight excluding hydrogens is 240 g/mol. The van der Waals surface area contributed by atoms with Crippen molar-refractivity contribution in [2.45, 2.75) is 32.7 Å². The number of likely N-dealkylation sites (tertiary alicyclic amines) is 1. The molecule has 0 aromatic carbocycles. The predicted octanol–water partition coefficient (Wildman–Crippen LogP) is 1.94. The SMILES string of the molecule is CCNc1cc(NC(C)C(=O)N2CCCC2)ccn1. The summed E-state index contributed by atoms with van der Waals surface area (Å²) in [6.45, 7) is 6.56. The molecule has 1 amide bonds. The van der Waals surface area contributed by atoms with Gasteiger partial charge >= 0.3 is 0 Å². The van der Waals surface area contributed by atoms with E-state index in [0.717, 1.165) is 44.0 Å². The van der Waals surface area contributed by atoms with Gasteiger partial charge in [0.25, 0.3) is 0 Å². The molecular formula is C14H22N4O. The summed E-state index contributed by atoms with van der Waals surface area (Å²) < 4.78 is 0. The smallest absolute Gasteiger partial charge is 0.244 e. The lowest BCUT2D eigenvalue weighted by atomic mass is 10.2. The van der Waals surface area contributed by atoms with Gasteiger partial charge in [-0.1, -0.05) is 0 Å². The number of nitrogens with zero attached hydrogens (tertiary/aromatic N) is 2. The van der Waals surface area contributed by atoms with Gasteiger partial charge in [0, 0.05) is 37.6 Å². The highest BCUT2D eigenvalue weighted by atomic mass is 16.2. The number of carbonyl (C=O) groups is 1. The van der Waals surface area contributed by atoms with Crippen LogP contribution in [-0.4, -0.2) is 41.5 Å². The van der Waals surface area contributed by atoms with E-state index >= 15 is 0 Å². The summed E-state index contributed by atoms with van der Waals surface area (Å²) in [4.78, 5) is 18.3. The number of nitrogens with one attached hydrogen (secondary N) is 2. The molecule has 0 bridgehead atoms. The first-order chi connectivity index (χ1) is 9.20. The maximum atomic E-state index is 12.2. The number of aromatic nitrogens is 1. The van der Waals surface area contributed by atoms with Crippen LogP contribution in [0.4, 0.5) is 11.5 Å². The fraction of sp³-hybridized carbons (Fsp3) is 0.571. The molecule has 5 nitrogen and oxygen atoms in total. The van der Waals surface area contributed by atoms with Crippen molar-refractivity contribution in [1.82, 2.24) is 9.88 Å². The first kappa shape index (κ1) is 13.6. The molecule has 5 heteroatoms. The second-order valence-corrected chi connectivity index (χ2v) is 4.86. The fourth-order valence-corrected chi connectivity index (χ4v) is 2.32. The maximum absolute atomic E-state index is 12.2. The molecule has 2 heterocycles. The van der Waals surface area contributed by atoms with Crippen molar-refractivity contribution in [3.8, 4) is 0 Å². The van der Waals surface area contributed by atoms with Crippen LogP contribution in [0.25, 0.3) is 0 Å². The topological polar surface area (TPSA) is 57.3 Å². The second-order valence-electron chi connectivity index (χ2n) is 4.86. The van der Waals surface area contributed by atoms with Crippen LogP contribution in [0.2, 0.25) is 0 Å². The average Bonchev–Trinajstić information content (AvgIpc) is 2.92. The van der Waals surface area contributed by atoms with Crippen LogP contribution in [-0.2, 0) is 4.79 Å². The van der Waals surface area contributed by atoms with Crippen LogP contribution in [0.3, 0.4) is 0 Å². The van der Waals surface area contributed by atoms with Crippen molar-refractivity contribution in [3.63, 3.8) is 0 Å². The molecule has 1 saturated heterocycles. The molecule has 104 valence electrons. The Balaban J connectivity index is 1.95. The minimum Gasteiger partial charge on any atom is -0.374 e. The van der Waals surface area contributed by atoms with Crippen molar-refractivity contribution in [1.29, 1.82) is 0 Å². The molecule has 2 N–H and O–H groups in total. The van der Waals surface area contributed by atoms with Gasteiger partial charge in [-0.2, -0.15) is 0 Å². The monoisotopic (exact) mass is 262 g/mol. The van der Waals surface area contributed by atoms with Crippen molar-refractivity contribution >= 4 is 17.4 Å². The van der Waals surface area contributed by atoms with Crippen LogP contribution in [0.1, 0.15) is 26.7 Å². The number of pyridine rings is 1. The number of hydrogen-bond donors (Lipinski definition) is 2. The molecule has 1 aliphatic heterocycles. The van der Waals surface area contributed by atoms with Gasteiger partial charge < -0.3 is 15.5 Å². The summed E-state index contributed by atoms with van der Waals surface area (Å²) in [5.74, 6) is 1.01. The Labute approximate surface area is 114 Å². The minimum absolute atomic E-state index is 0.180. The summed E-state index contributed by atoms with van der Waals surface area (Å²) in [6, 6.07) is 3.61. The van der Waals surface area contributed by atoms with E-state index in [4.69, 9.17) is 0 Å². The molecule has 0 saturated carbocycles. The molecule has 0 aliphatic carbocycles. The number of anilines is 2. The third kappa shape index (κ3) is 3.59. The van der Waals surface area contributed by atoms with E-state index in [1.54, 1.807) is 6.20 Å². The summed E-state index contributed by atoms with van der Waals surface area (Å²) >= 11 is 0. The molecule has 1 aromatic heterocycles. The third-order valence-corrected chi connectivity index (χ3v) is 3.29. The van der Waals surface area contributed by atoms with Crippen LogP contribution in [0.5, 0.6) is 0 Å². The standard InChI is InChI=1S/C14H22N4O/c1-3-15-13-10-12(6-7-16-13)17-11(2)14(19)18-8-4-5-9-18/h6-7,10-11H,3-5,8-9H2,1-2H3,(H2,15,16,17). The zero-order valence-electron chi connectivity index (χ0n) is 11.6. The van der Waals surface area contributed by atoms with E-state index in [2.05, 4.69) is 15.6 Å². The number of hydrogen-bond acceptors (Lipinski definition) is 4. The van der Waals surface area contributed by atoms with E-state index in [1.165, 1.54) is 0 Å². The van der Waals surface area contributed by atoms with E-state index in [0.29, 0.717) is 0 Å². The Morgan fingerprint density at radius 2 is 2.21 bits per heavy atom. The lowest BCUT2D eigenvalue weighted by Gasteiger charge is -2.22. The largest absolute Gasteiger partial charge is 0.374 e. The minimum atomic E-state index is -0.199. The van der Waals surface area contributed by atoms with E-state index in [1.807, 2.05) is 30.9 Å². The Hall–Kier alpha value is -1.78. The van der Waals surface area contributed by atoms with Gasteiger partial charge in [-0.05, 0) is 32.8 Å². The highest BCUT2D eigenvalue weighted by Crippen LogP contribution is 2.15. The van der Waals surface area contributed by atoms with Gasteiger partial charge in [0.15, 0.2) is 0 Å². The third-order valence-electron chi connectivity index (χ3n) is 3.29. The second kappa shape index (κ2) is 6.41. The Kier molecular flexibility index (Phi) is 4.60. The number of carbonyl (C=O) groups excluding carboxylic acids is 1. The lowest BCUT2D eigenvalue weighted by Crippen LogP contribution is -2.39. The predicted molar refractivity (Wildman–Crippen MR) is 77.3 cm³/mol. The van der Waals surface area contributed by atoms with E-state index < -0.39 is 0 Å². The van der Waals surface area contributed by atoms with Gasteiger partial charge in [0.05, 0.1) is 0 Å². The average molecular weight is 262 g/mol. The first-order valence-electron chi connectivity index (χ1n) is 6.96. The van der Waals surface area contributed by atoms with Gasteiger partial charge in [-0.3, -0.25) is 4.79 Å². The lowest BCUT2D eigenvalue weighted by molar-refractivity contribution is -0.130. The van der Waals surface area contributed by atoms with Gasteiger partial charge in [-0.25, -0.2) is 4.98 Å². The molecule has 0 radical (unpaired) electrons. The summed E-state index contributed by atoms with van der Waals surface area (Å²) in [5.41, 5.74) is 0.922. The zero-order valence-corrected chi connectivity index (χ0v) is 11.6. The first-order valence-corrected chi connectivity index (χ1v) is 6.96. The summed E-state index contributed by atoms with van der Waals surface area (Å²) in [5, 5.41) is 6.41. The molecule has 1 atom stereocenters. The molecule has 1 aliphatic rings. The van der Waals surface area contributed by atoms with E-state index in [-0.39, 0.29) is 11.9 Å². The van der Waals surface area contributed by atoms with Crippen LogP contribution < -0.4 is 10.6 Å². The number of amides is 1. The van der Waals surface area contributed by atoms with Crippen LogP contribution >= 0.6 is 0 Å². The molecule has 1 fully saturated rings. The normalized spacial score (nSPS) is 16.2. The van der Waals surface area contributed by atoms with Gasteiger partial charge in [0.1, 0.15) is 11.9 Å². The highest BCUT2D eigenvalue weighted by Gasteiger charge is 2.22. The Morgan fingerprint density at radius 3 is 2.89 bits per heavy atom. The van der Waals surface area contributed by atoms with Crippen molar-refractivity contribution in [2.75, 3.05) is 30.3 Å². The quantitative estimate of drug-likeness (QED) is 0.851. The maximum Gasteiger partial charge on any atom is 0.244 e. The summed E-state index contributed by atoms with van der Waals surface area (Å²) in [7, 11) is 0. The van der Waals surface area contributed by atoms with Gasteiger partial charge in [-0.15, -0.1) is 0 Å².